The second-order valence-electron chi connectivity index (χ2n) is 4.71. The van der Waals surface area contributed by atoms with Gasteiger partial charge in [0.05, 0.1) is 11.3 Å². The van der Waals surface area contributed by atoms with Crippen molar-refractivity contribution >= 4 is 17.6 Å². The first-order chi connectivity index (χ1) is 10.0. The van der Waals surface area contributed by atoms with Crippen LogP contribution in [0.25, 0.3) is 0 Å². The first-order valence-corrected chi connectivity index (χ1v) is 6.45. The number of carboxylic acid groups (broad SMARTS) is 1. The van der Waals surface area contributed by atoms with Crippen LogP contribution in [0.5, 0.6) is 0 Å². The van der Waals surface area contributed by atoms with Crippen molar-refractivity contribution < 1.29 is 14.7 Å². The van der Waals surface area contributed by atoms with Crippen molar-refractivity contribution in [3.63, 3.8) is 0 Å². The van der Waals surface area contributed by atoms with Crippen molar-refractivity contribution in [2.45, 2.75) is 13.5 Å². The molecule has 0 aliphatic carbocycles. The van der Waals surface area contributed by atoms with Gasteiger partial charge in [0, 0.05) is 12.1 Å². The molecule has 108 valence electrons. The summed E-state index contributed by atoms with van der Waals surface area (Å²) in [4.78, 5) is 23.4. The molecule has 0 heterocycles. The second kappa shape index (κ2) is 6.19. The molecule has 5 heteroatoms. The van der Waals surface area contributed by atoms with Crippen LogP contribution in [0.15, 0.2) is 42.5 Å². The molecule has 0 aliphatic rings. The molecule has 2 rings (SSSR count). The number of amides is 1. The van der Waals surface area contributed by atoms with Gasteiger partial charge in [0.25, 0.3) is 5.91 Å². The lowest BCUT2D eigenvalue weighted by molar-refractivity contribution is 0.0698. The maximum atomic E-state index is 12.2. The normalized spacial score (nSPS) is 10.2. The van der Waals surface area contributed by atoms with Gasteiger partial charge in [0.15, 0.2) is 0 Å². The molecule has 1 amide bonds. The van der Waals surface area contributed by atoms with E-state index in [9.17, 15) is 14.7 Å². The molecule has 0 radical (unpaired) electrons. The zero-order valence-corrected chi connectivity index (χ0v) is 11.6. The van der Waals surface area contributed by atoms with Crippen LogP contribution in [0.4, 0.5) is 5.69 Å². The quantitative estimate of drug-likeness (QED) is 0.803. The molecule has 0 fully saturated rings. The fourth-order valence-electron chi connectivity index (χ4n) is 1.98. The Hall–Kier alpha value is -2.66. The van der Waals surface area contributed by atoms with Gasteiger partial charge >= 0.3 is 5.97 Å². The van der Waals surface area contributed by atoms with Gasteiger partial charge in [-0.2, -0.15) is 0 Å². The molecule has 4 N–H and O–H groups in total. The number of aryl methyl sites for hydroxylation is 1. The third-order valence-corrected chi connectivity index (χ3v) is 3.08. The number of rotatable bonds is 4. The summed E-state index contributed by atoms with van der Waals surface area (Å²) < 4.78 is 0. The van der Waals surface area contributed by atoms with Crippen LogP contribution in [0, 0.1) is 6.92 Å². The van der Waals surface area contributed by atoms with E-state index in [1.165, 1.54) is 6.07 Å². The fraction of sp³-hybridized carbons (Fsp3) is 0.125. The lowest BCUT2D eigenvalue weighted by atomic mass is 10.1. The standard InChI is InChI=1S/C16H16N2O3/c1-10-5-6-14(13(7-10)16(20)21)18-15(19)12-4-2-3-11(8-12)9-17/h2-8H,9,17H2,1H3,(H,18,19)(H,20,21). The molecule has 0 aromatic heterocycles. The van der Waals surface area contributed by atoms with E-state index in [1.54, 1.807) is 37.3 Å². The Bertz CT molecular complexity index is 696. The molecule has 5 nitrogen and oxygen atoms in total. The van der Waals surface area contributed by atoms with Gasteiger partial charge in [0.1, 0.15) is 0 Å². The number of hydrogen-bond donors (Lipinski definition) is 3. The zero-order chi connectivity index (χ0) is 15.4. The monoisotopic (exact) mass is 284 g/mol. The Morgan fingerprint density at radius 1 is 1.19 bits per heavy atom. The molecule has 0 aliphatic heterocycles. The van der Waals surface area contributed by atoms with Gasteiger partial charge in [-0.25, -0.2) is 4.79 Å². The summed E-state index contributed by atoms with van der Waals surface area (Å²) in [6.45, 7) is 2.13. The van der Waals surface area contributed by atoms with Crippen molar-refractivity contribution in [1.29, 1.82) is 0 Å². The van der Waals surface area contributed by atoms with Crippen LogP contribution in [-0.4, -0.2) is 17.0 Å². The highest BCUT2D eigenvalue weighted by molar-refractivity contribution is 6.07. The Labute approximate surface area is 122 Å². The van der Waals surface area contributed by atoms with Crippen molar-refractivity contribution in [1.82, 2.24) is 0 Å². The number of carbonyl (C=O) groups excluding carboxylic acids is 1. The largest absolute Gasteiger partial charge is 0.478 e. The predicted molar refractivity (Wildman–Crippen MR) is 80.4 cm³/mol. The molecule has 0 bridgehead atoms. The third-order valence-electron chi connectivity index (χ3n) is 3.08. The van der Waals surface area contributed by atoms with Gasteiger partial charge in [-0.15, -0.1) is 0 Å². The minimum Gasteiger partial charge on any atom is -0.478 e. The number of nitrogens with two attached hydrogens (primary N) is 1. The highest BCUT2D eigenvalue weighted by atomic mass is 16.4. The minimum absolute atomic E-state index is 0.0679. The van der Waals surface area contributed by atoms with Crippen LogP contribution in [0.1, 0.15) is 31.8 Å². The van der Waals surface area contributed by atoms with E-state index < -0.39 is 5.97 Å². The Kier molecular flexibility index (Phi) is 4.35. The van der Waals surface area contributed by atoms with E-state index in [0.717, 1.165) is 11.1 Å². The van der Waals surface area contributed by atoms with E-state index in [4.69, 9.17) is 5.73 Å². The van der Waals surface area contributed by atoms with E-state index in [-0.39, 0.29) is 17.2 Å². The van der Waals surface area contributed by atoms with Crippen LogP contribution >= 0.6 is 0 Å². The summed E-state index contributed by atoms with van der Waals surface area (Å²) in [5, 5.41) is 11.8. The summed E-state index contributed by atoms with van der Waals surface area (Å²) in [5.74, 6) is -1.44. The number of hydrogen-bond acceptors (Lipinski definition) is 3. The van der Waals surface area contributed by atoms with Gasteiger partial charge in [-0.3, -0.25) is 4.79 Å². The van der Waals surface area contributed by atoms with Gasteiger partial charge in [-0.05, 0) is 36.8 Å². The maximum absolute atomic E-state index is 12.2. The van der Waals surface area contributed by atoms with E-state index in [0.29, 0.717) is 12.1 Å². The molecule has 2 aromatic rings. The lowest BCUT2D eigenvalue weighted by Gasteiger charge is -2.10. The smallest absolute Gasteiger partial charge is 0.337 e. The number of carbonyl (C=O) groups is 2. The molecule has 2 aromatic carbocycles. The molecule has 0 unspecified atom stereocenters. The summed E-state index contributed by atoms with van der Waals surface area (Å²) in [5.41, 5.74) is 7.98. The molecule has 0 atom stereocenters. The number of benzene rings is 2. The second-order valence-corrected chi connectivity index (χ2v) is 4.71. The van der Waals surface area contributed by atoms with Gasteiger partial charge in [-0.1, -0.05) is 23.8 Å². The molecule has 0 spiro atoms. The van der Waals surface area contributed by atoms with Crippen LogP contribution in [0.2, 0.25) is 0 Å². The van der Waals surface area contributed by atoms with E-state index in [1.807, 2.05) is 6.07 Å². The molecular formula is C16H16N2O3. The van der Waals surface area contributed by atoms with Crippen LogP contribution < -0.4 is 11.1 Å². The summed E-state index contributed by atoms with van der Waals surface area (Å²) in [6.07, 6.45) is 0. The first kappa shape index (κ1) is 14.7. The van der Waals surface area contributed by atoms with Gasteiger partial charge in [0.2, 0.25) is 0 Å². The van der Waals surface area contributed by atoms with E-state index in [2.05, 4.69) is 5.32 Å². The highest BCUT2D eigenvalue weighted by Gasteiger charge is 2.14. The van der Waals surface area contributed by atoms with Crippen molar-refractivity contribution in [2.75, 3.05) is 5.32 Å². The van der Waals surface area contributed by atoms with Crippen LogP contribution in [-0.2, 0) is 6.54 Å². The third kappa shape index (κ3) is 3.46. The highest BCUT2D eigenvalue weighted by Crippen LogP contribution is 2.18. The zero-order valence-electron chi connectivity index (χ0n) is 11.6. The summed E-state index contributed by atoms with van der Waals surface area (Å²) in [6, 6.07) is 11.8. The number of anilines is 1. The Morgan fingerprint density at radius 3 is 2.62 bits per heavy atom. The average Bonchev–Trinajstić information content (AvgIpc) is 2.48. The van der Waals surface area contributed by atoms with Crippen molar-refractivity contribution in [3.8, 4) is 0 Å². The maximum Gasteiger partial charge on any atom is 0.337 e. The predicted octanol–water partition coefficient (Wildman–Crippen LogP) is 2.40. The number of aromatic carboxylic acids is 1. The van der Waals surface area contributed by atoms with Crippen molar-refractivity contribution in [3.05, 3.63) is 64.7 Å². The number of nitrogens with one attached hydrogen (secondary N) is 1. The average molecular weight is 284 g/mol. The Balaban J connectivity index is 2.29. The SMILES string of the molecule is Cc1ccc(NC(=O)c2cccc(CN)c2)c(C(=O)O)c1. The lowest BCUT2D eigenvalue weighted by Crippen LogP contribution is -2.15. The first-order valence-electron chi connectivity index (χ1n) is 6.45. The van der Waals surface area contributed by atoms with Crippen LogP contribution in [0.3, 0.4) is 0 Å². The summed E-state index contributed by atoms with van der Waals surface area (Å²) >= 11 is 0. The molecular weight excluding hydrogens is 268 g/mol. The number of carboxylic acids is 1. The Morgan fingerprint density at radius 2 is 1.95 bits per heavy atom. The van der Waals surface area contributed by atoms with Gasteiger partial charge < -0.3 is 16.2 Å². The minimum atomic E-state index is -1.08. The van der Waals surface area contributed by atoms with E-state index >= 15 is 0 Å². The topological polar surface area (TPSA) is 92.4 Å². The fourth-order valence-corrected chi connectivity index (χ4v) is 1.98. The van der Waals surface area contributed by atoms with Crippen molar-refractivity contribution in [2.24, 2.45) is 5.73 Å². The molecule has 0 saturated heterocycles. The molecule has 0 saturated carbocycles. The molecule has 21 heavy (non-hydrogen) atoms. The summed E-state index contributed by atoms with van der Waals surface area (Å²) in [7, 11) is 0.